The van der Waals surface area contributed by atoms with E-state index < -0.39 is 0 Å². The Balaban J connectivity index is 3.20. The lowest BCUT2D eigenvalue weighted by molar-refractivity contribution is 0.294. The maximum Gasteiger partial charge on any atom is 0.165 e. The predicted molar refractivity (Wildman–Crippen MR) is 58.0 cm³/mol. The smallest absolute Gasteiger partial charge is 0.165 e. The van der Waals surface area contributed by atoms with E-state index in [-0.39, 0.29) is 6.61 Å². The van der Waals surface area contributed by atoms with Crippen LogP contribution < -0.4 is 9.47 Å². The highest BCUT2D eigenvalue weighted by atomic mass is 79.9. The maximum atomic E-state index is 8.91. The Bertz CT molecular complexity index is 312. The largest absolute Gasteiger partial charge is 0.493 e. The molecule has 4 heteroatoms. The molecule has 0 atom stereocenters. The molecule has 0 amide bonds. The van der Waals surface area contributed by atoms with Crippen LogP contribution in [0.5, 0.6) is 11.5 Å². The molecule has 0 heterocycles. The van der Waals surface area contributed by atoms with Crippen LogP contribution in [0.15, 0.2) is 16.6 Å². The van der Waals surface area contributed by atoms with Crippen LogP contribution >= 0.6 is 15.9 Å². The minimum absolute atomic E-state index is 0.0854. The highest BCUT2D eigenvalue weighted by molar-refractivity contribution is 9.10. The number of ether oxygens (including phenoxy) is 2. The van der Waals surface area contributed by atoms with Gasteiger partial charge in [0, 0.05) is 23.1 Å². The molecule has 78 valence electrons. The number of aliphatic hydroxyl groups is 1. The molecule has 0 spiro atoms. The molecule has 1 aromatic carbocycles. The molecule has 0 unspecified atom stereocenters. The number of aliphatic hydroxyl groups excluding tert-OH is 1. The SMILES string of the molecule is COc1ccc(Br)c(CCO)c1OC. The van der Waals surface area contributed by atoms with Crippen molar-refractivity contribution < 1.29 is 14.6 Å². The van der Waals surface area contributed by atoms with Crippen molar-refractivity contribution in [2.45, 2.75) is 6.42 Å². The van der Waals surface area contributed by atoms with E-state index in [1.165, 1.54) is 0 Å². The Morgan fingerprint density at radius 1 is 1.29 bits per heavy atom. The third-order valence-corrected chi connectivity index (χ3v) is 2.70. The molecule has 0 aromatic heterocycles. The number of hydrogen-bond donors (Lipinski definition) is 1. The van der Waals surface area contributed by atoms with Crippen molar-refractivity contribution in [1.82, 2.24) is 0 Å². The Hall–Kier alpha value is -0.740. The van der Waals surface area contributed by atoms with E-state index in [4.69, 9.17) is 14.6 Å². The van der Waals surface area contributed by atoms with Gasteiger partial charge in [0.25, 0.3) is 0 Å². The topological polar surface area (TPSA) is 38.7 Å². The second-order valence-electron chi connectivity index (χ2n) is 2.74. The fourth-order valence-corrected chi connectivity index (χ4v) is 1.82. The van der Waals surface area contributed by atoms with Crippen LogP contribution in [0.3, 0.4) is 0 Å². The van der Waals surface area contributed by atoms with E-state index in [2.05, 4.69) is 15.9 Å². The zero-order valence-corrected chi connectivity index (χ0v) is 9.80. The van der Waals surface area contributed by atoms with Crippen molar-refractivity contribution in [2.75, 3.05) is 20.8 Å². The lowest BCUT2D eigenvalue weighted by Crippen LogP contribution is -1.99. The Labute approximate surface area is 91.8 Å². The summed E-state index contributed by atoms with van der Waals surface area (Å²) in [7, 11) is 3.18. The van der Waals surface area contributed by atoms with Crippen molar-refractivity contribution in [1.29, 1.82) is 0 Å². The summed E-state index contributed by atoms with van der Waals surface area (Å²) < 4.78 is 11.3. The third-order valence-electron chi connectivity index (χ3n) is 1.95. The third kappa shape index (κ3) is 2.19. The molecule has 0 bridgehead atoms. The molecule has 14 heavy (non-hydrogen) atoms. The lowest BCUT2D eigenvalue weighted by Gasteiger charge is -2.13. The molecule has 0 fully saturated rings. The van der Waals surface area contributed by atoms with Gasteiger partial charge in [0.2, 0.25) is 0 Å². The van der Waals surface area contributed by atoms with Crippen LogP contribution in [0.2, 0.25) is 0 Å². The summed E-state index contributed by atoms with van der Waals surface area (Å²) in [5, 5.41) is 8.91. The van der Waals surface area contributed by atoms with Gasteiger partial charge in [0.05, 0.1) is 14.2 Å². The minimum atomic E-state index is 0.0854. The Kier molecular flexibility index (Phi) is 4.22. The zero-order chi connectivity index (χ0) is 10.6. The average Bonchev–Trinajstić information content (AvgIpc) is 2.21. The maximum absolute atomic E-state index is 8.91. The first-order chi connectivity index (χ1) is 6.74. The second-order valence-corrected chi connectivity index (χ2v) is 3.59. The number of benzene rings is 1. The summed E-state index contributed by atoms with van der Waals surface area (Å²) in [6.07, 6.45) is 0.543. The van der Waals surface area contributed by atoms with Crippen molar-refractivity contribution in [3.8, 4) is 11.5 Å². The van der Waals surface area contributed by atoms with Gasteiger partial charge in [-0.05, 0) is 12.1 Å². The molecule has 0 aliphatic rings. The summed E-state index contributed by atoms with van der Waals surface area (Å²) >= 11 is 3.41. The fraction of sp³-hybridized carbons (Fsp3) is 0.400. The predicted octanol–water partition coefficient (Wildman–Crippen LogP) is 2.00. The molecule has 0 saturated carbocycles. The van der Waals surface area contributed by atoms with Crippen molar-refractivity contribution >= 4 is 15.9 Å². The van der Waals surface area contributed by atoms with E-state index in [1.54, 1.807) is 14.2 Å². The first-order valence-corrected chi connectivity index (χ1v) is 5.04. The molecular weight excluding hydrogens is 248 g/mol. The minimum Gasteiger partial charge on any atom is -0.493 e. The molecule has 1 rings (SSSR count). The number of rotatable bonds is 4. The van der Waals surface area contributed by atoms with Gasteiger partial charge in [-0.25, -0.2) is 0 Å². The molecule has 3 nitrogen and oxygen atoms in total. The number of methoxy groups -OCH3 is 2. The number of hydrogen-bond acceptors (Lipinski definition) is 3. The first kappa shape index (κ1) is 11.3. The van der Waals surface area contributed by atoms with Crippen LogP contribution in [0.1, 0.15) is 5.56 Å². The summed E-state index contributed by atoms with van der Waals surface area (Å²) in [5.74, 6) is 1.36. The van der Waals surface area contributed by atoms with Gasteiger partial charge >= 0.3 is 0 Å². The number of halogens is 1. The van der Waals surface area contributed by atoms with Gasteiger partial charge in [-0.15, -0.1) is 0 Å². The van der Waals surface area contributed by atoms with E-state index in [0.717, 1.165) is 10.0 Å². The van der Waals surface area contributed by atoms with Gasteiger partial charge in [-0.3, -0.25) is 0 Å². The molecular formula is C10H13BrO3. The van der Waals surface area contributed by atoms with Crippen LogP contribution in [-0.2, 0) is 6.42 Å². The van der Waals surface area contributed by atoms with Gasteiger partial charge in [0.1, 0.15) is 0 Å². The monoisotopic (exact) mass is 260 g/mol. The van der Waals surface area contributed by atoms with Crippen molar-refractivity contribution in [2.24, 2.45) is 0 Å². The van der Waals surface area contributed by atoms with E-state index >= 15 is 0 Å². The highest BCUT2D eigenvalue weighted by Gasteiger charge is 2.12. The Morgan fingerprint density at radius 3 is 2.50 bits per heavy atom. The first-order valence-electron chi connectivity index (χ1n) is 4.24. The normalized spacial score (nSPS) is 10.0. The quantitative estimate of drug-likeness (QED) is 0.900. The fourth-order valence-electron chi connectivity index (χ4n) is 1.31. The van der Waals surface area contributed by atoms with Crippen molar-refractivity contribution in [3.05, 3.63) is 22.2 Å². The van der Waals surface area contributed by atoms with Crippen LogP contribution in [0.25, 0.3) is 0 Å². The van der Waals surface area contributed by atoms with Gasteiger partial charge in [0.15, 0.2) is 11.5 Å². The Morgan fingerprint density at radius 2 is 2.00 bits per heavy atom. The van der Waals surface area contributed by atoms with Gasteiger partial charge < -0.3 is 14.6 Å². The molecule has 1 aromatic rings. The molecule has 0 saturated heterocycles. The van der Waals surface area contributed by atoms with Crippen LogP contribution in [0, 0.1) is 0 Å². The summed E-state index contributed by atoms with van der Waals surface area (Å²) in [6.45, 7) is 0.0854. The van der Waals surface area contributed by atoms with Crippen molar-refractivity contribution in [3.63, 3.8) is 0 Å². The second kappa shape index (κ2) is 5.22. The lowest BCUT2D eigenvalue weighted by atomic mass is 10.1. The highest BCUT2D eigenvalue weighted by Crippen LogP contribution is 2.36. The summed E-state index contributed by atoms with van der Waals surface area (Å²) in [4.78, 5) is 0. The van der Waals surface area contributed by atoms with E-state index in [9.17, 15) is 0 Å². The molecule has 0 aliphatic carbocycles. The standard InChI is InChI=1S/C10H13BrO3/c1-13-9-4-3-8(11)7(5-6-12)10(9)14-2/h3-4,12H,5-6H2,1-2H3. The average molecular weight is 261 g/mol. The van der Waals surface area contributed by atoms with Gasteiger partial charge in [-0.1, -0.05) is 15.9 Å². The molecule has 1 N–H and O–H groups in total. The summed E-state index contributed by atoms with van der Waals surface area (Å²) in [6, 6.07) is 3.70. The molecule has 0 aliphatic heterocycles. The van der Waals surface area contributed by atoms with E-state index in [0.29, 0.717) is 17.9 Å². The van der Waals surface area contributed by atoms with E-state index in [1.807, 2.05) is 12.1 Å². The van der Waals surface area contributed by atoms with Gasteiger partial charge in [-0.2, -0.15) is 0 Å². The zero-order valence-electron chi connectivity index (χ0n) is 8.21. The van der Waals surface area contributed by atoms with Crippen LogP contribution in [-0.4, -0.2) is 25.9 Å². The van der Waals surface area contributed by atoms with Crippen LogP contribution in [0.4, 0.5) is 0 Å². The molecule has 0 radical (unpaired) electrons. The summed E-state index contributed by atoms with van der Waals surface area (Å²) in [5.41, 5.74) is 0.925.